The standard InChI is InChI=1S/C23H24N4O3/c1-2-21-24-17-7-3-4-8-19(17)27(21)16-6-5-11-26(13-16)23(29)15-9-10-20-18(12-15)25-22(28)14-30-20/h3-4,7-10,12,16H,2,5-6,11,13-14H2,1H3,(H,25,28). The highest BCUT2D eigenvalue weighted by atomic mass is 16.5. The lowest BCUT2D eigenvalue weighted by Crippen LogP contribution is -2.41. The Kier molecular flexibility index (Phi) is 4.65. The number of fused-ring (bicyclic) bond motifs is 2. The van der Waals surface area contributed by atoms with Crippen LogP contribution in [0, 0.1) is 0 Å². The summed E-state index contributed by atoms with van der Waals surface area (Å²) in [5, 5.41) is 2.78. The molecule has 0 saturated carbocycles. The van der Waals surface area contributed by atoms with E-state index in [1.807, 2.05) is 23.1 Å². The van der Waals surface area contributed by atoms with Crippen molar-refractivity contribution in [1.29, 1.82) is 0 Å². The van der Waals surface area contributed by atoms with Crippen LogP contribution < -0.4 is 10.1 Å². The third-order valence-electron chi connectivity index (χ3n) is 5.89. The molecule has 1 fully saturated rings. The molecule has 1 unspecified atom stereocenters. The monoisotopic (exact) mass is 404 g/mol. The molecule has 7 nitrogen and oxygen atoms in total. The van der Waals surface area contributed by atoms with E-state index in [4.69, 9.17) is 9.72 Å². The van der Waals surface area contributed by atoms with Gasteiger partial charge in [-0.2, -0.15) is 0 Å². The number of nitrogens with zero attached hydrogens (tertiary/aromatic N) is 3. The lowest BCUT2D eigenvalue weighted by molar-refractivity contribution is -0.118. The molecule has 154 valence electrons. The molecular formula is C23H24N4O3. The molecule has 1 saturated heterocycles. The van der Waals surface area contributed by atoms with Crippen molar-refractivity contribution in [3.05, 3.63) is 53.9 Å². The number of carbonyl (C=O) groups is 2. The van der Waals surface area contributed by atoms with Crippen molar-refractivity contribution in [3.63, 3.8) is 0 Å². The van der Waals surface area contributed by atoms with E-state index in [2.05, 4.69) is 22.9 Å². The summed E-state index contributed by atoms with van der Waals surface area (Å²) in [5.41, 5.74) is 3.25. The van der Waals surface area contributed by atoms with E-state index in [0.29, 0.717) is 23.5 Å². The van der Waals surface area contributed by atoms with Crippen molar-refractivity contribution in [3.8, 4) is 5.75 Å². The summed E-state index contributed by atoms with van der Waals surface area (Å²) in [6, 6.07) is 13.6. The quantitative estimate of drug-likeness (QED) is 0.726. The van der Waals surface area contributed by atoms with Crippen molar-refractivity contribution in [1.82, 2.24) is 14.5 Å². The zero-order valence-electron chi connectivity index (χ0n) is 16.9. The largest absolute Gasteiger partial charge is 0.482 e. The molecule has 7 heteroatoms. The molecule has 2 amide bonds. The first kappa shape index (κ1) is 18.7. The fourth-order valence-electron chi connectivity index (χ4n) is 4.50. The lowest BCUT2D eigenvalue weighted by Gasteiger charge is -2.34. The minimum absolute atomic E-state index is 0.00667. The summed E-state index contributed by atoms with van der Waals surface area (Å²) in [7, 11) is 0. The summed E-state index contributed by atoms with van der Waals surface area (Å²) in [6.45, 7) is 3.50. The Hall–Kier alpha value is -3.35. The molecule has 30 heavy (non-hydrogen) atoms. The van der Waals surface area contributed by atoms with Crippen LogP contribution in [0.3, 0.4) is 0 Å². The number of carbonyl (C=O) groups excluding carboxylic acids is 2. The van der Waals surface area contributed by atoms with Gasteiger partial charge in [0.15, 0.2) is 6.61 Å². The number of anilines is 1. The van der Waals surface area contributed by atoms with Gasteiger partial charge in [0.25, 0.3) is 11.8 Å². The molecule has 1 atom stereocenters. The zero-order valence-corrected chi connectivity index (χ0v) is 16.9. The van der Waals surface area contributed by atoms with Crippen molar-refractivity contribution >= 4 is 28.5 Å². The Morgan fingerprint density at radius 1 is 1.27 bits per heavy atom. The summed E-state index contributed by atoms with van der Waals surface area (Å²) >= 11 is 0. The third kappa shape index (κ3) is 3.20. The number of aryl methyl sites for hydroxylation is 1. The van der Waals surface area contributed by atoms with Gasteiger partial charge in [0.1, 0.15) is 11.6 Å². The van der Waals surface area contributed by atoms with Crippen LogP contribution in [0.4, 0.5) is 5.69 Å². The Labute approximate surface area is 174 Å². The highest BCUT2D eigenvalue weighted by Gasteiger charge is 2.28. The zero-order chi connectivity index (χ0) is 20.7. The van der Waals surface area contributed by atoms with E-state index in [0.717, 1.165) is 42.7 Å². The van der Waals surface area contributed by atoms with Crippen molar-refractivity contribution in [2.45, 2.75) is 32.2 Å². The SMILES string of the molecule is CCc1nc2ccccc2n1C1CCCN(C(=O)c2ccc3c(c2)NC(=O)CO3)C1. The van der Waals surface area contributed by atoms with Crippen LogP contribution in [0.2, 0.25) is 0 Å². The highest BCUT2D eigenvalue weighted by Crippen LogP contribution is 2.31. The maximum Gasteiger partial charge on any atom is 0.262 e. The van der Waals surface area contributed by atoms with E-state index in [1.54, 1.807) is 18.2 Å². The number of ether oxygens (including phenoxy) is 1. The number of likely N-dealkylation sites (tertiary alicyclic amines) is 1. The first-order valence-corrected chi connectivity index (χ1v) is 10.5. The number of rotatable bonds is 3. The molecule has 0 aliphatic carbocycles. The number of hydrogen-bond donors (Lipinski definition) is 1. The van der Waals surface area contributed by atoms with E-state index < -0.39 is 0 Å². The molecule has 3 heterocycles. The Morgan fingerprint density at radius 2 is 2.13 bits per heavy atom. The van der Waals surface area contributed by atoms with E-state index in [1.165, 1.54) is 0 Å². The summed E-state index contributed by atoms with van der Waals surface area (Å²) < 4.78 is 7.72. The van der Waals surface area contributed by atoms with Gasteiger partial charge >= 0.3 is 0 Å². The van der Waals surface area contributed by atoms with E-state index in [9.17, 15) is 9.59 Å². The average Bonchev–Trinajstić information content (AvgIpc) is 3.17. The molecular weight excluding hydrogens is 380 g/mol. The smallest absolute Gasteiger partial charge is 0.262 e. The van der Waals surface area contributed by atoms with Crippen molar-refractivity contribution in [2.75, 3.05) is 25.0 Å². The van der Waals surface area contributed by atoms with Gasteiger partial charge in [-0.25, -0.2) is 4.98 Å². The van der Waals surface area contributed by atoms with Crippen molar-refractivity contribution < 1.29 is 14.3 Å². The van der Waals surface area contributed by atoms with E-state index >= 15 is 0 Å². The van der Waals surface area contributed by atoms with Gasteiger partial charge in [-0.1, -0.05) is 19.1 Å². The second-order valence-corrected chi connectivity index (χ2v) is 7.84. The normalized spacial score (nSPS) is 18.6. The Bertz CT molecular complexity index is 1140. The average molecular weight is 404 g/mol. The fourth-order valence-corrected chi connectivity index (χ4v) is 4.50. The maximum atomic E-state index is 13.2. The number of piperidine rings is 1. The first-order chi connectivity index (χ1) is 14.6. The van der Waals surface area contributed by atoms with Crippen LogP contribution in [0.15, 0.2) is 42.5 Å². The van der Waals surface area contributed by atoms with Gasteiger partial charge in [0.05, 0.1) is 22.8 Å². The minimum atomic E-state index is -0.204. The Morgan fingerprint density at radius 3 is 3.00 bits per heavy atom. The molecule has 5 rings (SSSR count). The fraction of sp³-hybridized carbons (Fsp3) is 0.348. The minimum Gasteiger partial charge on any atom is -0.482 e. The second-order valence-electron chi connectivity index (χ2n) is 7.84. The van der Waals surface area contributed by atoms with Gasteiger partial charge in [0, 0.05) is 25.1 Å². The number of hydrogen-bond acceptors (Lipinski definition) is 4. The summed E-state index contributed by atoms with van der Waals surface area (Å²) in [5.74, 6) is 1.43. The number of nitrogens with one attached hydrogen (secondary N) is 1. The summed E-state index contributed by atoms with van der Waals surface area (Å²) in [4.78, 5) is 31.6. The second kappa shape index (κ2) is 7.48. The molecule has 3 aromatic rings. The van der Waals surface area contributed by atoms with Gasteiger partial charge in [-0.05, 0) is 43.2 Å². The number of aromatic nitrogens is 2. The molecule has 2 aliphatic heterocycles. The molecule has 0 bridgehead atoms. The molecule has 0 spiro atoms. The van der Waals surface area contributed by atoms with Gasteiger partial charge in [-0.3, -0.25) is 9.59 Å². The van der Waals surface area contributed by atoms with Gasteiger partial charge in [-0.15, -0.1) is 0 Å². The number of para-hydroxylation sites is 2. The molecule has 1 aromatic heterocycles. The van der Waals surface area contributed by atoms with Crippen LogP contribution in [-0.4, -0.2) is 46.0 Å². The Balaban J connectivity index is 1.42. The predicted molar refractivity (Wildman–Crippen MR) is 114 cm³/mol. The van der Waals surface area contributed by atoms with Gasteiger partial charge in [0.2, 0.25) is 0 Å². The molecule has 0 radical (unpaired) electrons. The van der Waals surface area contributed by atoms with Crippen LogP contribution in [0.5, 0.6) is 5.75 Å². The van der Waals surface area contributed by atoms with Crippen LogP contribution in [0.1, 0.15) is 42.0 Å². The predicted octanol–water partition coefficient (Wildman–Crippen LogP) is 3.41. The molecule has 2 aromatic carbocycles. The van der Waals surface area contributed by atoms with E-state index in [-0.39, 0.29) is 24.5 Å². The maximum absolute atomic E-state index is 13.2. The summed E-state index contributed by atoms with van der Waals surface area (Å²) in [6.07, 6.45) is 2.81. The lowest BCUT2D eigenvalue weighted by atomic mass is 10.0. The van der Waals surface area contributed by atoms with Crippen LogP contribution in [-0.2, 0) is 11.2 Å². The van der Waals surface area contributed by atoms with Crippen LogP contribution >= 0.6 is 0 Å². The molecule has 2 aliphatic rings. The number of amides is 2. The molecule has 1 N–H and O–H groups in total. The van der Waals surface area contributed by atoms with Crippen molar-refractivity contribution in [2.24, 2.45) is 0 Å². The third-order valence-corrected chi connectivity index (χ3v) is 5.89. The highest BCUT2D eigenvalue weighted by molar-refractivity contribution is 6.00. The topological polar surface area (TPSA) is 76.5 Å². The van der Waals surface area contributed by atoms with Crippen LogP contribution in [0.25, 0.3) is 11.0 Å². The van der Waals surface area contributed by atoms with Gasteiger partial charge < -0.3 is 19.5 Å². The first-order valence-electron chi connectivity index (χ1n) is 10.5. The number of benzene rings is 2. The number of imidazole rings is 1.